The molecule has 0 spiro atoms. The van der Waals surface area contributed by atoms with Crippen molar-refractivity contribution in [2.75, 3.05) is 12.8 Å². The number of fused-ring (bicyclic) bond motifs is 1. The minimum Gasteiger partial charge on any atom is -0.398 e. The first-order chi connectivity index (χ1) is 6.20. The molecule has 0 saturated carbocycles. The lowest BCUT2D eigenvalue weighted by molar-refractivity contribution is 0.358. The van der Waals surface area contributed by atoms with Crippen LogP contribution >= 0.6 is 0 Å². The van der Waals surface area contributed by atoms with E-state index in [2.05, 4.69) is 37.2 Å². The van der Waals surface area contributed by atoms with Crippen LogP contribution < -0.4 is 5.73 Å². The van der Waals surface area contributed by atoms with E-state index in [0.717, 1.165) is 5.69 Å². The monoisotopic (exact) mass is 174 g/mol. The van der Waals surface area contributed by atoms with Crippen molar-refractivity contribution in [3.8, 4) is 0 Å². The molecule has 2 N–H and O–H groups in total. The van der Waals surface area contributed by atoms with Crippen molar-refractivity contribution in [1.29, 1.82) is 0 Å². The molecule has 0 bridgehead atoms. The molecule has 0 amide bonds. The Morgan fingerprint density at radius 2 is 2.15 bits per heavy atom. The standard InChI is InChI=1S/C11H14N2/c1-8-9-4-3-5-11(12)10(9)6-7-13(8)2/h3-8H,12H2,1-2H3. The molecule has 1 heterocycles. The van der Waals surface area contributed by atoms with Gasteiger partial charge >= 0.3 is 0 Å². The van der Waals surface area contributed by atoms with Crippen molar-refractivity contribution in [3.05, 3.63) is 35.5 Å². The van der Waals surface area contributed by atoms with Gasteiger partial charge in [-0.25, -0.2) is 0 Å². The minimum absolute atomic E-state index is 0.420. The summed E-state index contributed by atoms with van der Waals surface area (Å²) in [5.74, 6) is 0. The highest BCUT2D eigenvalue weighted by molar-refractivity contribution is 5.69. The fourth-order valence-electron chi connectivity index (χ4n) is 1.70. The van der Waals surface area contributed by atoms with Gasteiger partial charge < -0.3 is 10.6 Å². The maximum absolute atomic E-state index is 5.88. The number of hydrogen-bond acceptors (Lipinski definition) is 2. The largest absolute Gasteiger partial charge is 0.398 e. The van der Waals surface area contributed by atoms with Gasteiger partial charge in [-0.15, -0.1) is 0 Å². The van der Waals surface area contributed by atoms with Crippen molar-refractivity contribution in [1.82, 2.24) is 4.90 Å². The summed E-state index contributed by atoms with van der Waals surface area (Å²) >= 11 is 0. The van der Waals surface area contributed by atoms with Crippen molar-refractivity contribution in [3.63, 3.8) is 0 Å². The zero-order valence-corrected chi connectivity index (χ0v) is 7.99. The van der Waals surface area contributed by atoms with Gasteiger partial charge in [0.25, 0.3) is 0 Å². The highest BCUT2D eigenvalue weighted by Gasteiger charge is 2.16. The summed E-state index contributed by atoms with van der Waals surface area (Å²) in [4.78, 5) is 2.18. The number of hydrogen-bond donors (Lipinski definition) is 1. The molecule has 68 valence electrons. The lowest BCUT2D eigenvalue weighted by atomic mass is 9.96. The summed E-state index contributed by atoms with van der Waals surface area (Å²) in [5, 5.41) is 0. The first-order valence-electron chi connectivity index (χ1n) is 4.48. The molecule has 1 unspecified atom stereocenters. The number of benzene rings is 1. The van der Waals surface area contributed by atoms with Crippen LogP contribution in [0.4, 0.5) is 5.69 Å². The van der Waals surface area contributed by atoms with E-state index in [0.29, 0.717) is 6.04 Å². The average molecular weight is 174 g/mol. The quantitative estimate of drug-likeness (QED) is 0.611. The van der Waals surface area contributed by atoms with E-state index in [4.69, 9.17) is 5.73 Å². The van der Waals surface area contributed by atoms with Crippen LogP contribution in [0.2, 0.25) is 0 Å². The number of anilines is 1. The highest BCUT2D eigenvalue weighted by Crippen LogP contribution is 2.31. The maximum Gasteiger partial charge on any atom is 0.0512 e. The van der Waals surface area contributed by atoms with Crippen LogP contribution in [0.5, 0.6) is 0 Å². The Balaban J connectivity index is 2.58. The number of nitrogens with two attached hydrogens (primary N) is 1. The molecule has 1 aromatic carbocycles. The summed E-state index contributed by atoms with van der Waals surface area (Å²) in [5.41, 5.74) is 9.23. The second-order valence-corrected chi connectivity index (χ2v) is 3.51. The molecule has 2 heteroatoms. The average Bonchev–Trinajstić information content (AvgIpc) is 2.12. The lowest BCUT2D eigenvalue weighted by Gasteiger charge is -2.29. The van der Waals surface area contributed by atoms with Gasteiger partial charge in [0, 0.05) is 18.3 Å². The molecule has 2 rings (SSSR count). The predicted molar refractivity (Wildman–Crippen MR) is 56.1 cm³/mol. The molecular formula is C11H14N2. The number of rotatable bonds is 0. The van der Waals surface area contributed by atoms with E-state index in [1.54, 1.807) is 0 Å². The van der Waals surface area contributed by atoms with Gasteiger partial charge in [0.1, 0.15) is 0 Å². The molecule has 0 fully saturated rings. The lowest BCUT2D eigenvalue weighted by Crippen LogP contribution is -2.20. The van der Waals surface area contributed by atoms with Gasteiger partial charge in [0.2, 0.25) is 0 Å². The Hall–Kier alpha value is -1.44. The van der Waals surface area contributed by atoms with Crippen LogP contribution in [0.3, 0.4) is 0 Å². The second kappa shape index (κ2) is 2.80. The Labute approximate surface area is 78.7 Å². The van der Waals surface area contributed by atoms with Gasteiger partial charge in [-0.3, -0.25) is 0 Å². The maximum atomic E-state index is 5.88. The third-order valence-electron chi connectivity index (χ3n) is 2.71. The van der Waals surface area contributed by atoms with Gasteiger partial charge in [-0.05, 0) is 30.8 Å². The van der Waals surface area contributed by atoms with E-state index in [9.17, 15) is 0 Å². The molecule has 0 radical (unpaired) electrons. The molecule has 1 atom stereocenters. The third-order valence-corrected chi connectivity index (χ3v) is 2.71. The normalized spacial score (nSPS) is 20.2. The number of nitrogen functional groups attached to an aromatic ring is 1. The van der Waals surface area contributed by atoms with Crippen LogP contribution in [0.25, 0.3) is 6.08 Å². The molecular weight excluding hydrogens is 160 g/mol. The molecule has 1 aliphatic heterocycles. The van der Waals surface area contributed by atoms with E-state index < -0.39 is 0 Å². The fourth-order valence-corrected chi connectivity index (χ4v) is 1.70. The van der Waals surface area contributed by atoms with Gasteiger partial charge in [0.05, 0.1) is 6.04 Å². The van der Waals surface area contributed by atoms with E-state index >= 15 is 0 Å². The van der Waals surface area contributed by atoms with Crippen LogP contribution in [0.15, 0.2) is 24.4 Å². The van der Waals surface area contributed by atoms with Crippen LogP contribution in [-0.4, -0.2) is 11.9 Å². The summed E-state index contributed by atoms with van der Waals surface area (Å²) < 4.78 is 0. The third kappa shape index (κ3) is 1.18. The van der Waals surface area contributed by atoms with Crippen molar-refractivity contribution < 1.29 is 0 Å². The van der Waals surface area contributed by atoms with Crippen molar-refractivity contribution in [2.24, 2.45) is 0 Å². The molecule has 13 heavy (non-hydrogen) atoms. The van der Waals surface area contributed by atoms with Gasteiger partial charge in [-0.2, -0.15) is 0 Å². The molecule has 0 aromatic heterocycles. The Morgan fingerprint density at radius 3 is 2.92 bits per heavy atom. The van der Waals surface area contributed by atoms with Crippen LogP contribution in [0.1, 0.15) is 24.1 Å². The zero-order chi connectivity index (χ0) is 9.42. The van der Waals surface area contributed by atoms with Gasteiger partial charge in [0.15, 0.2) is 0 Å². The van der Waals surface area contributed by atoms with Crippen molar-refractivity contribution in [2.45, 2.75) is 13.0 Å². The fraction of sp³-hybridized carbons (Fsp3) is 0.273. The first-order valence-corrected chi connectivity index (χ1v) is 4.48. The Bertz CT molecular complexity index is 355. The van der Waals surface area contributed by atoms with E-state index in [-0.39, 0.29) is 0 Å². The Kier molecular flexibility index (Phi) is 1.76. The minimum atomic E-state index is 0.420. The molecule has 2 nitrogen and oxygen atoms in total. The predicted octanol–water partition coefficient (Wildman–Crippen LogP) is 2.25. The summed E-state index contributed by atoms with van der Waals surface area (Å²) in [6.07, 6.45) is 4.15. The van der Waals surface area contributed by atoms with Crippen molar-refractivity contribution >= 4 is 11.8 Å². The van der Waals surface area contributed by atoms with Crippen LogP contribution in [0, 0.1) is 0 Å². The SMILES string of the molecule is CC1c2cccc(N)c2C=CN1C. The molecule has 0 aliphatic carbocycles. The topological polar surface area (TPSA) is 29.3 Å². The second-order valence-electron chi connectivity index (χ2n) is 3.51. The summed E-state index contributed by atoms with van der Waals surface area (Å²) in [7, 11) is 2.08. The van der Waals surface area contributed by atoms with Gasteiger partial charge in [-0.1, -0.05) is 12.1 Å². The highest BCUT2D eigenvalue weighted by atomic mass is 15.1. The smallest absolute Gasteiger partial charge is 0.0512 e. The zero-order valence-electron chi connectivity index (χ0n) is 7.99. The van der Waals surface area contributed by atoms with E-state index in [1.165, 1.54) is 11.1 Å². The molecule has 1 aromatic rings. The summed E-state index contributed by atoms with van der Waals surface area (Å²) in [6, 6.07) is 6.51. The van der Waals surface area contributed by atoms with E-state index in [1.807, 2.05) is 12.1 Å². The Morgan fingerprint density at radius 1 is 1.38 bits per heavy atom. The summed E-state index contributed by atoms with van der Waals surface area (Å²) in [6.45, 7) is 2.18. The first kappa shape index (κ1) is 8.17. The number of nitrogens with zero attached hydrogens (tertiary/aromatic N) is 1. The van der Waals surface area contributed by atoms with Crippen LogP contribution in [-0.2, 0) is 0 Å². The molecule has 1 aliphatic rings. The molecule has 0 saturated heterocycles.